The van der Waals surface area contributed by atoms with Crippen LogP contribution in [0.1, 0.15) is 19.4 Å². The van der Waals surface area contributed by atoms with E-state index in [0.29, 0.717) is 13.2 Å². The molecule has 1 rings (SSSR count). The number of rotatable bonds is 9. The van der Waals surface area contributed by atoms with Gasteiger partial charge in [0, 0.05) is 19.6 Å². The van der Waals surface area contributed by atoms with Gasteiger partial charge in [-0.05, 0) is 38.1 Å². The smallest absolute Gasteiger partial charge is 0.122 e. The van der Waals surface area contributed by atoms with E-state index in [1.54, 1.807) is 0 Å². The molecule has 0 spiro atoms. The minimum Gasteiger partial charge on any atom is -0.491 e. The van der Waals surface area contributed by atoms with E-state index in [0.717, 1.165) is 24.4 Å². The summed E-state index contributed by atoms with van der Waals surface area (Å²) in [4.78, 5) is 2.18. The average Bonchev–Trinajstić information content (AvgIpc) is 2.36. The lowest BCUT2D eigenvalue weighted by Gasteiger charge is -2.29. The molecule has 1 unspecified atom stereocenters. The number of nitrogens with zero attached hydrogens (tertiary/aromatic N) is 1. The van der Waals surface area contributed by atoms with Crippen LogP contribution in [0.25, 0.3) is 0 Å². The standard InChI is InChI=1S/C17H30N2O2/c1-14-8-6-7-9-16(14)21-11-15(20)10-18-12-17(2,3)13-19(4)5/h6-9,15,18,20H,10-13H2,1-5H3. The Labute approximate surface area is 129 Å². The SMILES string of the molecule is Cc1ccccc1OCC(O)CNCC(C)(C)CN(C)C. The van der Waals surface area contributed by atoms with Crippen LogP contribution < -0.4 is 10.1 Å². The number of ether oxygens (including phenoxy) is 1. The molecule has 0 bridgehead atoms. The number of aryl methyl sites for hydroxylation is 1. The Hall–Kier alpha value is -1.10. The van der Waals surface area contributed by atoms with Crippen LogP contribution in [-0.2, 0) is 0 Å². The maximum absolute atomic E-state index is 9.98. The lowest BCUT2D eigenvalue weighted by Crippen LogP contribution is -2.41. The maximum atomic E-state index is 9.98. The second kappa shape index (κ2) is 8.37. The van der Waals surface area contributed by atoms with E-state index < -0.39 is 6.10 Å². The molecule has 2 N–H and O–H groups in total. The maximum Gasteiger partial charge on any atom is 0.122 e. The zero-order chi connectivity index (χ0) is 15.9. The first-order chi connectivity index (χ1) is 9.80. The Morgan fingerprint density at radius 1 is 1.29 bits per heavy atom. The van der Waals surface area contributed by atoms with Gasteiger partial charge >= 0.3 is 0 Å². The molecule has 0 radical (unpaired) electrons. The summed E-state index contributed by atoms with van der Waals surface area (Å²) < 4.78 is 5.65. The molecule has 0 heterocycles. The monoisotopic (exact) mass is 294 g/mol. The van der Waals surface area contributed by atoms with Crippen LogP contribution in [0.2, 0.25) is 0 Å². The number of hydrogen-bond donors (Lipinski definition) is 2. The Kier molecular flexibility index (Phi) is 7.15. The van der Waals surface area contributed by atoms with Crippen LogP contribution in [-0.4, -0.2) is 56.4 Å². The van der Waals surface area contributed by atoms with Gasteiger partial charge in [-0.3, -0.25) is 0 Å². The van der Waals surface area contributed by atoms with Crippen molar-refractivity contribution in [1.82, 2.24) is 10.2 Å². The molecule has 0 saturated heterocycles. The van der Waals surface area contributed by atoms with Gasteiger partial charge in [-0.15, -0.1) is 0 Å². The lowest BCUT2D eigenvalue weighted by molar-refractivity contribution is 0.102. The molecule has 0 aliphatic rings. The van der Waals surface area contributed by atoms with E-state index in [1.165, 1.54) is 0 Å². The van der Waals surface area contributed by atoms with Gasteiger partial charge in [0.25, 0.3) is 0 Å². The summed E-state index contributed by atoms with van der Waals surface area (Å²) in [5.74, 6) is 0.837. The first-order valence-electron chi connectivity index (χ1n) is 7.52. The van der Waals surface area contributed by atoms with E-state index in [-0.39, 0.29) is 5.41 Å². The molecule has 0 aliphatic carbocycles. The minimum absolute atomic E-state index is 0.181. The summed E-state index contributed by atoms with van der Waals surface area (Å²) in [5, 5.41) is 13.3. The predicted octanol–water partition coefficient (Wildman–Crippen LogP) is 1.91. The Morgan fingerprint density at radius 3 is 2.57 bits per heavy atom. The zero-order valence-electron chi connectivity index (χ0n) is 14.0. The molecule has 0 amide bonds. The van der Waals surface area contributed by atoms with Gasteiger partial charge in [-0.2, -0.15) is 0 Å². The fraction of sp³-hybridized carbons (Fsp3) is 0.647. The van der Waals surface area contributed by atoms with E-state index in [4.69, 9.17) is 4.74 Å². The Bertz CT molecular complexity index is 419. The number of nitrogens with one attached hydrogen (secondary N) is 1. The highest BCUT2D eigenvalue weighted by Gasteiger charge is 2.18. The van der Waals surface area contributed by atoms with Crippen molar-refractivity contribution in [1.29, 1.82) is 0 Å². The summed E-state index contributed by atoms with van der Waals surface area (Å²) >= 11 is 0. The molecule has 120 valence electrons. The van der Waals surface area contributed by atoms with Crippen LogP contribution in [0.5, 0.6) is 5.75 Å². The third kappa shape index (κ3) is 7.46. The van der Waals surface area contributed by atoms with E-state index in [9.17, 15) is 5.11 Å². The van der Waals surface area contributed by atoms with Crippen molar-refractivity contribution in [3.05, 3.63) is 29.8 Å². The summed E-state index contributed by atoms with van der Waals surface area (Å²) in [7, 11) is 4.15. The predicted molar refractivity (Wildman–Crippen MR) is 87.9 cm³/mol. The fourth-order valence-corrected chi connectivity index (χ4v) is 2.45. The molecular weight excluding hydrogens is 264 g/mol. The van der Waals surface area contributed by atoms with Crippen molar-refractivity contribution in [2.24, 2.45) is 5.41 Å². The number of hydrogen-bond acceptors (Lipinski definition) is 4. The molecule has 0 fully saturated rings. The third-order valence-electron chi connectivity index (χ3n) is 3.25. The molecule has 0 aliphatic heterocycles. The third-order valence-corrected chi connectivity index (χ3v) is 3.25. The quantitative estimate of drug-likeness (QED) is 0.730. The molecule has 21 heavy (non-hydrogen) atoms. The molecular formula is C17H30N2O2. The molecule has 0 saturated carbocycles. The molecule has 1 aromatic rings. The van der Waals surface area contributed by atoms with Crippen molar-refractivity contribution in [2.75, 3.05) is 40.3 Å². The average molecular weight is 294 g/mol. The van der Waals surface area contributed by atoms with Gasteiger partial charge in [-0.1, -0.05) is 32.0 Å². The van der Waals surface area contributed by atoms with Crippen LogP contribution in [0, 0.1) is 12.3 Å². The van der Waals surface area contributed by atoms with Crippen molar-refractivity contribution < 1.29 is 9.84 Å². The topological polar surface area (TPSA) is 44.7 Å². The highest BCUT2D eigenvalue weighted by atomic mass is 16.5. The summed E-state index contributed by atoms with van der Waals surface area (Å²) in [5.41, 5.74) is 1.27. The van der Waals surface area contributed by atoms with Crippen molar-refractivity contribution in [3.63, 3.8) is 0 Å². The van der Waals surface area contributed by atoms with Crippen LogP contribution in [0.4, 0.5) is 0 Å². The number of aliphatic hydroxyl groups excluding tert-OH is 1. The van der Waals surface area contributed by atoms with Crippen LogP contribution >= 0.6 is 0 Å². The van der Waals surface area contributed by atoms with E-state index in [2.05, 4.69) is 38.2 Å². The number of para-hydroxylation sites is 1. The molecule has 1 atom stereocenters. The Balaban J connectivity index is 2.25. The minimum atomic E-state index is -0.500. The van der Waals surface area contributed by atoms with Gasteiger partial charge in [0.15, 0.2) is 0 Å². The lowest BCUT2D eigenvalue weighted by atomic mass is 9.93. The molecule has 4 nitrogen and oxygen atoms in total. The van der Waals surface area contributed by atoms with Crippen molar-refractivity contribution >= 4 is 0 Å². The van der Waals surface area contributed by atoms with E-state index in [1.807, 2.05) is 31.2 Å². The fourth-order valence-electron chi connectivity index (χ4n) is 2.45. The van der Waals surface area contributed by atoms with E-state index >= 15 is 0 Å². The van der Waals surface area contributed by atoms with Crippen LogP contribution in [0.3, 0.4) is 0 Å². The van der Waals surface area contributed by atoms with Gasteiger partial charge in [0.05, 0.1) is 0 Å². The summed E-state index contributed by atoms with van der Waals surface area (Å²) in [6.07, 6.45) is -0.500. The largest absolute Gasteiger partial charge is 0.491 e. The van der Waals surface area contributed by atoms with Crippen molar-refractivity contribution in [2.45, 2.75) is 26.9 Å². The normalized spacial score (nSPS) is 13.5. The van der Waals surface area contributed by atoms with Gasteiger partial charge in [0.2, 0.25) is 0 Å². The zero-order valence-corrected chi connectivity index (χ0v) is 14.0. The summed E-state index contributed by atoms with van der Waals surface area (Å²) in [6, 6.07) is 7.85. The van der Waals surface area contributed by atoms with Gasteiger partial charge in [0.1, 0.15) is 18.5 Å². The highest BCUT2D eigenvalue weighted by molar-refractivity contribution is 5.31. The highest BCUT2D eigenvalue weighted by Crippen LogP contribution is 2.16. The molecule has 0 aromatic heterocycles. The van der Waals surface area contributed by atoms with Crippen LogP contribution in [0.15, 0.2) is 24.3 Å². The second-order valence-electron chi connectivity index (χ2n) is 6.76. The number of benzene rings is 1. The first kappa shape index (κ1) is 18.0. The number of aliphatic hydroxyl groups is 1. The Morgan fingerprint density at radius 2 is 1.95 bits per heavy atom. The first-order valence-corrected chi connectivity index (χ1v) is 7.52. The van der Waals surface area contributed by atoms with Crippen molar-refractivity contribution in [3.8, 4) is 5.75 Å². The second-order valence-corrected chi connectivity index (χ2v) is 6.76. The molecule has 1 aromatic carbocycles. The molecule has 4 heteroatoms. The van der Waals surface area contributed by atoms with Gasteiger partial charge in [-0.25, -0.2) is 0 Å². The summed E-state index contributed by atoms with van der Waals surface area (Å²) in [6.45, 7) is 9.17. The van der Waals surface area contributed by atoms with Gasteiger partial charge < -0.3 is 20.1 Å².